The Morgan fingerprint density at radius 1 is 1.48 bits per heavy atom. The number of piperidine rings is 1. The van der Waals surface area contributed by atoms with Crippen LogP contribution in [0.25, 0.3) is 0 Å². The molecule has 23 heavy (non-hydrogen) atoms. The molecule has 0 unspecified atom stereocenters. The molecule has 1 heterocycles. The maximum Gasteiger partial charge on any atom is 0.321 e. The summed E-state index contributed by atoms with van der Waals surface area (Å²) in [5.41, 5.74) is 2.95. The highest BCUT2D eigenvalue weighted by Crippen LogP contribution is 2.22. The number of ether oxygens (including phenoxy) is 1. The Hall–Kier alpha value is -1.59. The number of carbonyl (C=O) groups excluding carboxylic acids is 1. The monoisotopic (exact) mass is 320 g/mol. The number of rotatable bonds is 5. The summed E-state index contributed by atoms with van der Waals surface area (Å²) in [6.07, 6.45) is 2.11. The second-order valence-corrected chi connectivity index (χ2v) is 6.52. The third-order valence-electron chi connectivity index (χ3n) is 4.32. The van der Waals surface area contributed by atoms with E-state index in [4.69, 9.17) is 4.74 Å². The molecule has 5 heteroatoms. The van der Waals surface area contributed by atoms with Gasteiger partial charge in [0.1, 0.15) is 0 Å². The van der Waals surface area contributed by atoms with Gasteiger partial charge >= 0.3 is 6.03 Å². The average Bonchev–Trinajstić information content (AvgIpc) is 2.55. The van der Waals surface area contributed by atoms with Gasteiger partial charge in [0.25, 0.3) is 0 Å². The summed E-state index contributed by atoms with van der Waals surface area (Å²) in [7, 11) is 0. The summed E-state index contributed by atoms with van der Waals surface area (Å²) in [6.45, 7) is 8.08. The molecule has 1 atom stereocenters. The molecule has 0 radical (unpaired) electrons. The van der Waals surface area contributed by atoms with Crippen LogP contribution in [-0.4, -0.2) is 41.8 Å². The zero-order chi connectivity index (χ0) is 16.8. The van der Waals surface area contributed by atoms with E-state index in [0.29, 0.717) is 13.2 Å². The molecule has 0 bridgehead atoms. The molecule has 1 aliphatic heterocycles. The molecule has 0 spiro atoms. The second-order valence-electron chi connectivity index (χ2n) is 6.52. The number of nitrogens with zero attached hydrogens (tertiary/aromatic N) is 1. The minimum Gasteiger partial charge on any atom is -0.396 e. The Morgan fingerprint density at radius 3 is 2.96 bits per heavy atom. The number of amides is 2. The van der Waals surface area contributed by atoms with Crippen molar-refractivity contribution in [2.75, 3.05) is 25.0 Å². The van der Waals surface area contributed by atoms with E-state index in [1.165, 1.54) is 0 Å². The first-order chi connectivity index (χ1) is 11.0. The van der Waals surface area contributed by atoms with Crippen molar-refractivity contribution in [2.24, 2.45) is 5.92 Å². The van der Waals surface area contributed by atoms with Crippen molar-refractivity contribution < 1.29 is 14.6 Å². The number of hydrogen-bond acceptors (Lipinski definition) is 3. The van der Waals surface area contributed by atoms with Crippen LogP contribution >= 0.6 is 0 Å². The van der Waals surface area contributed by atoms with Crippen molar-refractivity contribution in [3.8, 4) is 0 Å². The number of aliphatic hydroxyl groups excluding tert-OH is 1. The van der Waals surface area contributed by atoms with Gasteiger partial charge in [0.2, 0.25) is 0 Å². The van der Waals surface area contributed by atoms with E-state index in [9.17, 15) is 9.90 Å². The first kappa shape index (κ1) is 17.8. The fourth-order valence-electron chi connectivity index (χ4n) is 2.82. The Balaban J connectivity index is 2.01. The van der Waals surface area contributed by atoms with E-state index >= 15 is 0 Å². The van der Waals surface area contributed by atoms with E-state index in [1.807, 2.05) is 39.0 Å². The molecule has 2 N–H and O–H groups in total. The lowest BCUT2D eigenvalue weighted by Gasteiger charge is -2.32. The van der Waals surface area contributed by atoms with Gasteiger partial charge in [-0.15, -0.1) is 0 Å². The Bertz CT molecular complexity index is 531. The highest BCUT2D eigenvalue weighted by molar-refractivity contribution is 5.90. The van der Waals surface area contributed by atoms with Crippen LogP contribution in [0.4, 0.5) is 10.5 Å². The number of benzene rings is 1. The number of likely N-dealkylation sites (tertiary alicyclic amines) is 1. The first-order valence-corrected chi connectivity index (χ1v) is 8.38. The number of urea groups is 1. The van der Waals surface area contributed by atoms with Crippen LogP contribution in [0.1, 0.15) is 37.8 Å². The number of carbonyl (C=O) groups is 1. The highest BCUT2D eigenvalue weighted by Gasteiger charge is 2.23. The van der Waals surface area contributed by atoms with Crippen LogP contribution in [0, 0.1) is 12.8 Å². The predicted molar refractivity (Wildman–Crippen MR) is 91.5 cm³/mol. The summed E-state index contributed by atoms with van der Waals surface area (Å²) in [6, 6.07) is 5.79. The van der Waals surface area contributed by atoms with E-state index in [-0.39, 0.29) is 24.7 Å². The van der Waals surface area contributed by atoms with Crippen molar-refractivity contribution in [2.45, 2.75) is 46.3 Å². The summed E-state index contributed by atoms with van der Waals surface area (Å²) < 4.78 is 5.66. The third kappa shape index (κ3) is 4.94. The van der Waals surface area contributed by atoms with E-state index in [2.05, 4.69) is 5.32 Å². The third-order valence-corrected chi connectivity index (χ3v) is 4.32. The predicted octanol–water partition coefficient (Wildman–Crippen LogP) is 3.16. The lowest BCUT2D eigenvalue weighted by Crippen LogP contribution is -2.43. The number of anilines is 1. The molecule has 1 saturated heterocycles. The van der Waals surface area contributed by atoms with Crippen molar-refractivity contribution in [3.63, 3.8) is 0 Å². The quantitative estimate of drug-likeness (QED) is 0.876. The van der Waals surface area contributed by atoms with Gasteiger partial charge in [-0.1, -0.05) is 12.1 Å². The van der Waals surface area contributed by atoms with Crippen molar-refractivity contribution >= 4 is 11.7 Å². The maximum atomic E-state index is 12.5. The normalized spacial score (nSPS) is 18.3. The molecular formula is C18H28N2O3. The van der Waals surface area contributed by atoms with Crippen molar-refractivity contribution in [1.29, 1.82) is 0 Å². The fraction of sp³-hybridized carbons (Fsp3) is 0.611. The molecule has 0 saturated carbocycles. The smallest absolute Gasteiger partial charge is 0.321 e. The molecule has 1 aromatic carbocycles. The van der Waals surface area contributed by atoms with Gasteiger partial charge in [0.05, 0.1) is 12.7 Å². The van der Waals surface area contributed by atoms with E-state index < -0.39 is 0 Å². The van der Waals surface area contributed by atoms with Gasteiger partial charge in [-0.25, -0.2) is 4.79 Å². The second kappa shape index (κ2) is 8.31. The van der Waals surface area contributed by atoms with Gasteiger partial charge < -0.3 is 20.1 Å². The summed E-state index contributed by atoms with van der Waals surface area (Å²) in [5, 5.41) is 12.3. The fourth-order valence-corrected chi connectivity index (χ4v) is 2.82. The van der Waals surface area contributed by atoms with Crippen molar-refractivity contribution in [1.82, 2.24) is 4.90 Å². The summed E-state index contributed by atoms with van der Waals surface area (Å²) in [4.78, 5) is 14.3. The first-order valence-electron chi connectivity index (χ1n) is 8.38. The minimum atomic E-state index is -0.0897. The summed E-state index contributed by atoms with van der Waals surface area (Å²) in [5.74, 6) is 0.196. The number of hydrogen-bond donors (Lipinski definition) is 2. The van der Waals surface area contributed by atoms with Gasteiger partial charge in [-0.05, 0) is 56.7 Å². The van der Waals surface area contributed by atoms with Crippen LogP contribution in [0.2, 0.25) is 0 Å². The van der Waals surface area contributed by atoms with Crippen LogP contribution in [0.3, 0.4) is 0 Å². The number of nitrogens with one attached hydrogen (secondary N) is 1. The van der Waals surface area contributed by atoms with Crippen LogP contribution in [0.5, 0.6) is 0 Å². The zero-order valence-corrected chi connectivity index (χ0v) is 14.3. The molecule has 1 fully saturated rings. The molecule has 128 valence electrons. The molecule has 0 aromatic heterocycles. The average molecular weight is 320 g/mol. The van der Waals surface area contributed by atoms with Gasteiger partial charge in [-0.3, -0.25) is 0 Å². The lowest BCUT2D eigenvalue weighted by atomic mass is 9.99. The molecular weight excluding hydrogens is 292 g/mol. The molecule has 2 rings (SSSR count). The van der Waals surface area contributed by atoms with E-state index in [1.54, 1.807) is 4.90 Å². The van der Waals surface area contributed by atoms with Gasteiger partial charge in [-0.2, -0.15) is 0 Å². The number of aliphatic hydroxyl groups is 1. The Labute approximate surface area is 138 Å². The van der Waals surface area contributed by atoms with Crippen molar-refractivity contribution in [3.05, 3.63) is 29.3 Å². The topological polar surface area (TPSA) is 61.8 Å². The SMILES string of the molecule is Cc1c(COC(C)C)cccc1NC(=O)N1CCC[C@@H](CO)C1. The molecule has 5 nitrogen and oxygen atoms in total. The maximum absolute atomic E-state index is 12.5. The standard InChI is InChI=1S/C18H28N2O3/c1-13(2)23-12-16-7-4-8-17(14(16)3)19-18(22)20-9-5-6-15(10-20)11-21/h4,7-8,13,15,21H,5-6,9-12H2,1-3H3,(H,19,22)/t15-/m1/s1. The van der Waals surface area contributed by atoms with Crippen LogP contribution < -0.4 is 5.32 Å². The Morgan fingerprint density at radius 2 is 2.26 bits per heavy atom. The highest BCUT2D eigenvalue weighted by atomic mass is 16.5. The molecule has 1 aromatic rings. The van der Waals surface area contributed by atoms with Crippen LogP contribution in [0.15, 0.2) is 18.2 Å². The summed E-state index contributed by atoms with van der Waals surface area (Å²) >= 11 is 0. The minimum absolute atomic E-state index is 0.0897. The molecule has 1 aliphatic rings. The van der Waals surface area contributed by atoms with Gasteiger partial charge in [0.15, 0.2) is 0 Å². The lowest BCUT2D eigenvalue weighted by molar-refractivity contribution is 0.0654. The van der Waals surface area contributed by atoms with E-state index in [0.717, 1.165) is 36.2 Å². The van der Waals surface area contributed by atoms with Gasteiger partial charge in [0, 0.05) is 25.4 Å². The molecule has 2 amide bonds. The zero-order valence-electron chi connectivity index (χ0n) is 14.3. The Kier molecular flexibility index (Phi) is 6.42. The van der Waals surface area contributed by atoms with Crippen LogP contribution in [-0.2, 0) is 11.3 Å². The largest absolute Gasteiger partial charge is 0.396 e. The molecule has 0 aliphatic carbocycles.